The van der Waals surface area contributed by atoms with Gasteiger partial charge in [0.2, 0.25) is 0 Å². The normalized spacial score (nSPS) is 14.7. The summed E-state index contributed by atoms with van der Waals surface area (Å²) in [6, 6.07) is 7.54. The van der Waals surface area contributed by atoms with Crippen LogP contribution in [0.1, 0.15) is 18.1 Å². The summed E-state index contributed by atoms with van der Waals surface area (Å²) in [5, 5.41) is 20.6. The van der Waals surface area contributed by atoms with Crippen LogP contribution in [0, 0.1) is 0 Å². The first-order chi connectivity index (χ1) is 16.2. The van der Waals surface area contributed by atoms with Crippen LogP contribution in [-0.2, 0) is 20.8 Å². The van der Waals surface area contributed by atoms with Crippen LogP contribution in [-0.4, -0.2) is 47.2 Å². The van der Waals surface area contributed by atoms with E-state index in [4.69, 9.17) is 14.6 Å². The number of aliphatic carboxylic acids is 1. The third kappa shape index (κ3) is 5.23. The first-order valence-electron chi connectivity index (χ1n) is 10.2. The highest BCUT2D eigenvalue weighted by atomic mass is 16.5. The van der Waals surface area contributed by atoms with Crippen molar-refractivity contribution < 1.29 is 38.9 Å². The lowest BCUT2D eigenvalue weighted by molar-refractivity contribution is -0.139. The highest BCUT2D eigenvalue weighted by molar-refractivity contribution is 6.39. The van der Waals surface area contributed by atoms with E-state index in [-0.39, 0.29) is 35.1 Å². The maximum Gasteiger partial charge on any atom is 0.341 e. The van der Waals surface area contributed by atoms with E-state index in [0.717, 1.165) is 4.90 Å². The number of phenols is 1. The Kier molecular flexibility index (Phi) is 7.32. The summed E-state index contributed by atoms with van der Waals surface area (Å²) in [5.41, 5.74) is 0.781. The van der Waals surface area contributed by atoms with Crippen molar-refractivity contribution in [2.75, 3.05) is 18.1 Å². The minimum Gasteiger partial charge on any atom is -0.508 e. The highest BCUT2D eigenvalue weighted by Crippen LogP contribution is 2.35. The van der Waals surface area contributed by atoms with Crippen molar-refractivity contribution in [2.45, 2.75) is 13.3 Å². The number of urea groups is 1. The van der Waals surface area contributed by atoms with E-state index in [2.05, 4.69) is 11.9 Å². The number of carboxylic acids is 1. The number of aromatic hydroxyl groups is 1. The number of allylic oxidation sites excluding steroid dienone is 1. The van der Waals surface area contributed by atoms with Gasteiger partial charge in [-0.3, -0.25) is 14.9 Å². The number of phenolic OH excluding ortho intramolecular Hbond substituents is 1. The number of imide groups is 2. The Bertz CT molecular complexity index is 1180. The number of carbonyl (C=O) groups excluding carboxylic acids is 3. The van der Waals surface area contributed by atoms with Crippen molar-refractivity contribution >= 4 is 35.6 Å². The lowest BCUT2D eigenvalue weighted by Crippen LogP contribution is -2.54. The van der Waals surface area contributed by atoms with E-state index in [1.54, 1.807) is 19.1 Å². The molecule has 1 aliphatic rings. The molecule has 0 bridgehead atoms. The van der Waals surface area contributed by atoms with Gasteiger partial charge in [-0.15, -0.1) is 6.58 Å². The van der Waals surface area contributed by atoms with Crippen molar-refractivity contribution in [3.05, 3.63) is 65.8 Å². The number of carboxylic acid groups (broad SMARTS) is 1. The van der Waals surface area contributed by atoms with Gasteiger partial charge in [-0.25, -0.2) is 14.5 Å². The van der Waals surface area contributed by atoms with Crippen LogP contribution in [0.25, 0.3) is 6.08 Å². The van der Waals surface area contributed by atoms with Gasteiger partial charge in [0.1, 0.15) is 11.3 Å². The predicted molar refractivity (Wildman–Crippen MR) is 122 cm³/mol. The van der Waals surface area contributed by atoms with Crippen LogP contribution in [0.2, 0.25) is 0 Å². The Morgan fingerprint density at radius 3 is 2.47 bits per heavy atom. The summed E-state index contributed by atoms with van der Waals surface area (Å²) in [4.78, 5) is 49.7. The van der Waals surface area contributed by atoms with Gasteiger partial charge in [0, 0.05) is 5.56 Å². The number of amides is 4. The van der Waals surface area contributed by atoms with Crippen molar-refractivity contribution in [2.24, 2.45) is 0 Å². The molecule has 2 aromatic rings. The Balaban J connectivity index is 2.06. The smallest absolute Gasteiger partial charge is 0.341 e. The molecular weight excluding hydrogens is 444 g/mol. The van der Waals surface area contributed by atoms with Gasteiger partial charge in [-0.1, -0.05) is 6.08 Å². The van der Waals surface area contributed by atoms with Gasteiger partial charge in [-0.2, -0.15) is 0 Å². The lowest BCUT2D eigenvalue weighted by Gasteiger charge is -2.26. The van der Waals surface area contributed by atoms with Crippen LogP contribution < -0.4 is 19.7 Å². The third-order valence-corrected chi connectivity index (χ3v) is 4.68. The first-order valence-corrected chi connectivity index (χ1v) is 10.2. The number of rotatable bonds is 9. The summed E-state index contributed by atoms with van der Waals surface area (Å²) < 4.78 is 11.0. The standard InChI is InChI=1S/C24H22N2O8/c1-3-5-15-10-14(12-19(33-4-2)21(15)34-13-20(28)29)11-18-22(30)25-24(32)26(23(18)31)16-6-8-17(27)9-7-16/h3,6-12,27H,1,4-5,13H2,2H3,(H,28,29)(H,25,30,32)/b18-11+. The summed E-state index contributed by atoms with van der Waals surface area (Å²) in [7, 11) is 0. The maximum atomic E-state index is 13.1. The fourth-order valence-electron chi connectivity index (χ4n) is 3.29. The Morgan fingerprint density at radius 1 is 1.15 bits per heavy atom. The molecule has 2 aromatic carbocycles. The van der Waals surface area contributed by atoms with Crippen molar-refractivity contribution in [3.63, 3.8) is 0 Å². The molecule has 10 heteroatoms. The number of ether oxygens (including phenoxy) is 2. The molecule has 1 fully saturated rings. The molecule has 4 amide bonds. The molecule has 0 saturated carbocycles. The van der Waals surface area contributed by atoms with Gasteiger partial charge >= 0.3 is 12.0 Å². The summed E-state index contributed by atoms with van der Waals surface area (Å²) in [6.07, 6.45) is 3.18. The number of nitrogens with zero attached hydrogens (tertiary/aromatic N) is 1. The zero-order valence-electron chi connectivity index (χ0n) is 18.2. The summed E-state index contributed by atoms with van der Waals surface area (Å²) in [6.45, 7) is 5.08. The molecule has 0 radical (unpaired) electrons. The Morgan fingerprint density at radius 2 is 1.85 bits per heavy atom. The molecule has 3 N–H and O–H groups in total. The number of hydrogen-bond donors (Lipinski definition) is 3. The highest BCUT2D eigenvalue weighted by Gasteiger charge is 2.36. The van der Waals surface area contributed by atoms with Gasteiger partial charge in [0.25, 0.3) is 11.8 Å². The van der Waals surface area contributed by atoms with Gasteiger partial charge in [0.15, 0.2) is 18.1 Å². The van der Waals surface area contributed by atoms with Gasteiger partial charge in [-0.05, 0) is 61.4 Å². The number of hydrogen-bond acceptors (Lipinski definition) is 7. The number of anilines is 1. The molecule has 34 heavy (non-hydrogen) atoms. The van der Waals surface area contributed by atoms with E-state index in [0.29, 0.717) is 17.5 Å². The van der Waals surface area contributed by atoms with Crippen LogP contribution >= 0.6 is 0 Å². The van der Waals surface area contributed by atoms with Crippen molar-refractivity contribution in [1.82, 2.24) is 5.32 Å². The second-order valence-electron chi connectivity index (χ2n) is 7.09. The Labute approximate surface area is 194 Å². The summed E-state index contributed by atoms with van der Waals surface area (Å²) >= 11 is 0. The zero-order chi connectivity index (χ0) is 24.8. The molecule has 1 saturated heterocycles. The maximum absolute atomic E-state index is 13.1. The second-order valence-corrected chi connectivity index (χ2v) is 7.09. The average Bonchev–Trinajstić information content (AvgIpc) is 2.77. The van der Waals surface area contributed by atoms with Crippen LogP contribution in [0.4, 0.5) is 10.5 Å². The number of carbonyl (C=O) groups is 4. The largest absolute Gasteiger partial charge is 0.508 e. The monoisotopic (exact) mass is 466 g/mol. The number of barbiturate groups is 1. The zero-order valence-corrected chi connectivity index (χ0v) is 18.2. The molecule has 3 rings (SSSR count). The van der Waals surface area contributed by atoms with Crippen LogP contribution in [0.5, 0.6) is 17.2 Å². The van der Waals surface area contributed by atoms with E-state index in [9.17, 15) is 24.3 Å². The van der Waals surface area contributed by atoms with Crippen molar-refractivity contribution in [3.8, 4) is 17.2 Å². The molecule has 0 spiro atoms. The second kappa shape index (κ2) is 10.3. The quantitative estimate of drug-likeness (QED) is 0.291. The van der Waals surface area contributed by atoms with E-state index in [1.807, 2.05) is 0 Å². The fraction of sp³-hybridized carbons (Fsp3) is 0.167. The minimum absolute atomic E-state index is 0.0520. The third-order valence-electron chi connectivity index (χ3n) is 4.68. The molecule has 0 unspecified atom stereocenters. The first kappa shape index (κ1) is 24.1. The van der Waals surface area contributed by atoms with Crippen molar-refractivity contribution in [1.29, 1.82) is 0 Å². The molecule has 1 aliphatic heterocycles. The van der Waals surface area contributed by atoms with E-state index < -0.39 is 30.4 Å². The number of benzene rings is 2. The Hall–Kier alpha value is -4.60. The fourth-order valence-corrected chi connectivity index (χ4v) is 3.29. The van der Waals surface area contributed by atoms with E-state index >= 15 is 0 Å². The summed E-state index contributed by atoms with van der Waals surface area (Å²) in [5.74, 6) is -2.50. The van der Waals surface area contributed by atoms with Crippen LogP contribution in [0.3, 0.4) is 0 Å². The SMILES string of the molecule is C=CCc1cc(/C=C2\C(=O)NC(=O)N(c3ccc(O)cc3)C2=O)cc(OCC)c1OCC(=O)O. The topological polar surface area (TPSA) is 142 Å². The molecule has 10 nitrogen and oxygen atoms in total. The molecule has 0 aliphatic carbocycles. The van der Waals surface area contributed by atoms with Gasteiger partial charge in [0.05, 0.1) is 12.3 Å². The van der Waals surface area contributed by atoms with Crippen LogP contribution in [0.15, 0.2) is 54.6 Å². The molecular formula is C24H22N2O8. The molecule has 0 aromatic heterocycles. The molecule has 1 heterocycles. The molecule has 176 valence electrons. The lowest BCUT2D eigenvalue weighted by atomic mass is 10.0. The predicted octanol–water partition coefficient (Wildman–Crippen LogP) is 2.65. The molecule has 0 atom stereocenters. The average molecular weight is 466 g/mol. The van der Waals surface area contributed by atoms with Gasteiger partial charge < -0.3 is 19.7 Å². The van der Waals surface area contributed by atoms with E-state index in [1.165, 1.54) is 36.4 Å². The minimum atomic E-state index is -1.17. The number of nitrogens with one attached hydrogen (secondary N) is 1.